The summed E-state index contributed by atoms with van der Waals surface area (Å²) in [6, 6.07) is 4.05. The Kier molecular flexibility index (Phi) is 2.78. The number of ether oxygens (including phenoxy) is 1. The third-order valence-corrected chi connectivity index (χ3v) is 3.50. The van der Waals surface area contributed by atoms with Crippen molar-refractivity contribution in [2.45, 2.75) is 26.7 Å². The van der Waals surface area contributed by atoms with Gasteiger partial charge in [-0.2, -0.15) is 4.98 Å². The summed E-state index contributed by atoms with van der Waals surface area (Å²) in [5.41, 5.74) is 3.25. The Morgan fingerprint density at radius 2 is 2.19 bits per heavy atom. The van der Waals surface area contributed by atoms with Crippen LogP contribution in [-0.4, -0.2) is 20.1 Å². The molecular weight excluding hydrogens is 270 g/mol. The van der Waals surface area contributed by atoms with Gasteiger partial charge in [0.25, 0.3) is 0 Å². The van der Waals surface area contributed by atoms with E-state index >= 15 is 0 Å². The normalized spacial score (nSPS) is 13.6. The molecule has 1 aliphatic rings. The minimum atomic E-state index is 0.452. The molecule has 0 amide bonds. The maximum absolute atomic E-state index is 5.52. The molecule has 0 fully saturated rings. The third kappa shape index (κ3) is 2.11. The Morgan fingerprint density at radius 3 is 3.05 bits per heavy atom. The number of nitrogens with one attached hydrogen (secondary N) is 1. The largest absolute Gasteiger partial charge is 0.372 e. The predicted octanol–water partition coefficient (Wildman–Crippen LogP) is 1.96. The first-order valence-electron chi connectivity index (χ1n) is 6.67. The third-order valence-electron chi connectivity index (χ3n) is 3.50. The molecule has 3 heterocycles. The number of aromatic nitrogens is 4. The van der Waals surface area contributed by atoms with Gasteiger partial charge in [-0.1, -0.05) is 11.2 Å². The van der Waals surface area contributed by atoms with Crippen LogP contribution >= 0.6 is 0 Å². The van der Waals surface area contributed by atoms with Gasteiger partial charge in [0, 0.05) is 12.3 Å². The molecule has 0 aliphatic carbocycles. The Balaban J connectivity index is 1.73. The Morgan fingerprint density at radius 1 is 1.24 bits per heavy atom. The van der Waals surface area contributed by atoms with Crippen LogP contribution < -0.4 is 5.32 Å². The average molecular weight is 283 g/mol. The fourth-order valence-corrected chi connectivity index (χ4v) is 2.54. The highest BCUT2D eigenvalue weighted by Gasteiger charge is 2.18. The lowest BCUT2D eigenvalue weighted by atomic mass is 10.0. The molecule has 7 nitrogen and oxygen atoms in total. The Bertz CT molecular complexity index is 814. The maximum atomic E-state index is 5.52. The molecular formula is C14H13N5O2. The molecule has 0 saturated carbocycles. The molecule has 0 spiro atoms. The van der Waals surface area contributed by atoms with Crippen molar-refractivity contribution in [1.82, 2.24) is 20.1 Å². The number of hydrogen-bond donors (Lipinski definition) is 1. The minimum absolute atomic E-state index is 0.452. The van der Waals surface area contributed by atoms with Crippen LogP contribution in [0.3, 0.4) is 0 Å². The van der Waals surface area contributed by atoms with Crippen molar-refractivity contribution >= 4 is 16.7 Å². The van der Waals surface area contributed by atoms with Crippen molar-refractivity contribution in [3.05, 3.63) is 41.3 Å². The zero-order chi connectivity index (χ0) is 14.2. The Labute approximate surface area is 120 Å². The molecule has 1 aliphatic heterocycles. The van der Waals surface area contributed by atoms with Gasteiger partial charge in [0.2, 0.25) is 5.89 Å². The van der Waals surface area contributed by atoms with Gasteiger partial charge in [0.15, 0.2) is 5.82 Å². The summed E-state index contributed by atoms with van der Waals surface area (Å²) < 4.78 is 10.5. The summed E-state index contributed by atoms with van der Waals surface area (Å²) in [5.74, 6) is 1.92. The van der Waals surface area contributed by atoms with Crippen molar-refractivity contribution < 1.29 is 9.26 Å². The van der Waals surface area contributed by atoms with E-state index in [1.807, 2.05) is 6.07 Å². The van der Waals surface area contributed by atoms with Crippen molar-refractivity contribution in [3.8, 4) is 0 Å². The van der Waals surface area contributed by atoms with E-state index in [1.54, 1.807) is 13.3 Å². The first kappa shape index (κ1) is 12.2. The summed E-state index contributed by atoms with van der Waals surface area (Å²) in [5, 5.41) is 8.13. The van der Waals surface area contributed by atoms with Crippen molar-refractivity contribution in [1.29, 1.82) is 0 Å². The van der Waals surface area contributed by atoms with Gasteiger partial charge in [0.1, 0.15) is 12.1 Å². The van der Waals surface area contributed by atoms with Crippen LogP contribution in [0, 0.1) is 6.92 Å². The van der Waals surface area contributed by atoms with Gasteiger partial charge < -0.3 is 14.6 Å². The van der Waals surface area contributed by atoms with E-state index in [0.717, 1.165) is 22.3 Å². The van der Waals surface area contributed by atoms with E-state index < -0.39 is 0 Å². The second kappa shape index (κ2) is 4.78. The summed E-state index contributed by atoms with van der Waals surface area (Å²) in [7, 11) is 0. The molecule has 106 valence electrons. The summed E-state index contributed by atoms with van der Waals surface area (Å²) in [4.78, 5) is 12.8. The molecule has 21 heavy (non-hydrogen) atoms. The number of fused-ring (bicyclic) bond motifs is 3. The zero-order valence-electron chi connectivity index (χ0n) is 11.5. The van der Waals surface area contributed by atoms with E-state index in [1.165, 1.54) is 5.56 Å². The highest BCUT2D eigenvalue weighted by atomic mass is 16.5. The van der Waals surface area contributed by atoms with Crippen LogP contribution in [0.4, 0.5) is 5.82 Å². The lowest BCUT2D eigenvalue weighted by molar-refractivity contribution is 0.135. The predicted molar refractivity (Wildman–Crippen MR) is 74.4 cm³/mol. The summed E-state index contributed by atoms with van der Waals surface area (Å²) in [6.07, 6.45) is 1.55. The molecule has 0 bridgehead atoms. The van der Waals surface area contributed by atoms with Gasteiger partial charge in [-0.15, -0.1) is 0 Å². The molecule has 2 aromatic heterocycles. The quantitative estimate of drug-likeness (QED) is 0.786. The topological polar surface area (TPSA) is 86.0 Å². The fraction of sp³-hybridized carbons (Fsp3) is 0.286. The number of aryl methyl sites for hydroxylation is 1. The maximum Gasteiger partial charge on any atom is 0.223 e. The molecule has 0 saturated heterocycles. The number of benzene rings is 1. The van der Waals surface area contributed by atoms with Crippen LogP contribution in [-0.2, 0) is 24.5 Å². The van der Waals surface area contributed by atoms with E-state index in [9.17, 15) is 0 Å². The summed E-state index contributed by atoms with van der Waals surface area (Å²) in [6.45, 7) is 3.45. The second-order valence-corrected chi connectivity index (χ2v) is 4.90. The first-order chi connectivity index (χ1) is 10.3. The molecule has 4 rings (SSSR count). The van der Waals surface area contributed by atoms with E-state index in [2.05, 4.69) is 31.5 Å². The highest BCUT2D eigenvalue weighted by Crippen LogP contribution is 2.31. The monoisotopic (exact) mass is 283 g/mol. The SMILES string of the molecule is Cc1nc(CNc2ncnc3ccc4c(c23)COC4)no1. The molecule has 7 heteroatoms. The standard InChI is InChI=1S/C14H13N5O2/c1-8-18-12(19-21-8)4-15-14-13-10-6-20-5-9(10)2-3-11(13)16-7-17-14/h2-3,7H,4-6H2,1H3,(H,15,16,17). The number of hydrogen-bond acceptors (Lipinski definition) is 7. The van der Waals surface area contributed by atoms with Crippen LogP contribution in [0.15, 0.2) is 23.0 Å². The minimum Gasteiger partial charge on any atom is -0.372 e. The number of nitrogens with zero attached hydrogens (tertiary/aromatic N) is 4. The number of rotatable bonds is 3. The van der Waals surface area contributed by atoms with Gasteiger partial charge >= 0.3 is 0 Å². The van der Waals surface area contributed by atoms with Crippen LogP contribution in [0.1, 0.15) is 22.8 Å². The number of anilines is 1. The second-order valence-electron chi connectivity index (χ2n) is 4.90. The van der Waals surface area contributed by atoms with Gasteiger partial charge in [-0.25, -0.2) is 9.97 Å². The molecule has 0 atom stereocenters. The smallest absolute Gasteiger partial charge is 0.223 e. The van der Waals surface area contributed by atoms with Crippen molar-refractivity contribution in [3.63, 3.8) is 0 Å². The fourth-order valence-electron chi connectivity index (χ4n) is 2.54. The van der Waals surface area contributed by atoms with Gasteiger partial charge in [-0.05, 0) is 17.2 Å². The van der Waals surface area contributed by atoms with Crippen LogP contribution in [0.2, 0.25) is 0 Å². The first-order valence-corrected chi connectivity index (χ1v) is 6.67. The van der Waals surface area contributed by atoms with E-state index in [-0.39, 0.29) is 0 Å². The lowest BCUT2D eigenvalue weighted by Crippen LogP contribution is -2.05. The average Bonchev–Trinajstić information content (AvgIpc) is 3.13. The molecule has 1 N–H and O–H groups in total. The van der Waals surface area contributed by atoms with Gasteiger partial charge in [0.05, 0.1) is 25.3 Å². The highest BCUT2D eigenvalue weighted by molar-refractivity contribution is 5.93. The van der Waals surface area contributed by atoms with Crippen LogP contribution in [0.25, 0.3) is 10.9 Å². The van der Waals surface area contributed by atoms with E-state index in [0.29, 0.717) is 31.5 Å². The Hall–Kier alpha value is -2.54. The van der Waals surface area contributed by atoms with Crippen LogP contribution in [0.5, 0.6) is 0 Å². The molecule has 0 radical (unpaired) electrons. The lowest BCUT2D eigenvalue weighted by Gasteiger charge is -2.09. The van der Waals surface area contributed by atoms with Crippen molar-refractivity contribution in [2.75, 3.05) is 5.32 Å². The molecule has 3 aromatic rings. The summed E-state index contributed by atoms with van der Waals surface area (Å²) >= 11 is 0. The zero-order valence-corrected chi connectivity index (χ0v) is 11.5. The van der Waals surface area contributed by atoms with Crippen molar-refractivity contribution in [2.24, 2.45) is 0 Å². The van der Waals surface area contributed by atoms with Gasteiger partial charge in [-0.3, -0.25) is 0 Å². The molecule has 1 aromatic carbocycles. The molecule has 0 unspecified atom stereocenters. The van der Waals surface area contributed by atoms with E-state index in [4.69, 9.17) is 9.26 Å².